The maximum Gasteiger partial charge on any atom is 0.330 e. The van der Waals surface area contributed by atoms with Gasteiger partial charge in [-0.25, -0.2) is 4.79 Å². The molecule has 0 aromatic heterocycles. The molecule has 1 aromatic carbocycles. The van der Waals surface area contributed by atoms with E-state index >= 15 is 0 Å². The smallest absolute Gasteiger partial charge is 0.330 e. The second-order valence-electron chi connectivity index (χ2n) is 3.86. The van der Waals surface area contributed by atoms with Crippen LogP contribution >= 0.6 is 0 Å². The molecule has 0 heterocycles. The maximum absolute atomic E-state index is 11.3. The highest BCUT2D eigenvalue weighted by Gasteiger charge is 2.04. The van der Waals surface area contributed by atoms with Gasteiger partial charge in [0.1, 0.15) is 0 Å². The summed E-state index contributed by atoms with van der Waals surface area (Å²) in [4.78, 5) is 22.4. The first-order valence-electron chi connectivity index (χ1n) is 6.17. The van der Waals surface area contributed by atoms with Crippen LogP contribution in [0.4, 0.5) is 0 Å². The van der Waals surface area contributed by atoms with Crippen LogP contribution in [0.15, 0.2) is 30.3 Å². The topological polar surface area (TPSA) is 52.6 Å². The summed E-state index contributed by atoms with van der Waals surface area (Å²) in [6, 6.07) is 7.59. The van der Waals surface area contributed by atoms with Crippen LogP contribution in [0.2, 0.25) is 0 Å². The van der Waals surface area contributed by atoms with Crippen molar-refractivity contribution in [1.29, 1.82) is 0 Å². The molecule has 0 aliphatic heterocycles. The molecule has 1 aromatic rings. The number of methoxy groups -OCH3 is 1. The lowest BCUT2D eigenvalue weighted by atomic mass is 10.0. The molecule has 0 spiro atoms. The lowest BCUT2D eigenvalue weighted by Gasteiger charge is -2.05. The van der Waals surface area contributed by atoms with E-state index in [1.54, 1.807) is 13.0 Å². The van der Waals surface area contributed by atoms with E-state index in [2.05, 4.69) is 4.74 Å². The van der Waals surface area contributed by atoms with E-state index in [-0.39, 0.29) is 11.9 Å². The van der Waals surface area contributed by atoms with Crippen molar-refractivity contribution >= 4 is 18.0 Å². The van der Waals surface area contributed by atoms with E-state index in [1.165, 1.54) is 13.2 Å². The molecule has 0 radical (unpaired) electrons. The van der Waals surface area contributed by atoms with Gasteiger partial charge < -0.3 is 9.47 Å². The van der Waals surface area contributed by atoms with Gasteiger partial charge in [0.15, 0.2) is 0 Å². The minimum Gasteiger partial charge on any atom is -0.469 e. The molecule has 1 rings (SSSR count). The third-order valence-corrected chi connectivity index (χ3v) is 2.57. The highest BCUT2D eigenvalue weighted by atomic mass is 16.5. The Morgan fingerprint density at radius 2 is 2.00 bits per heavy atom. The summed E-state index contributed by atoms with van der Waals surface area (Å²) in [5, 5.41) is 0. The minimum absolute atomic E-state index is 0.246. The van der Waals surface area contributed by atoms with Crippen LogP contribution < -0.4 is 0 Å². The molecule has 0 unspecified atom stereocenters. The van der Waals surface area contributed by atoms with Gasteiger partial charge in [-0.3, -0.25) is 4.79 Å². The summed E-state index contributed by atoms with van der Waals surface area (Å²) in [6.45, 7) is 2.11. The molecule has 0 fully saturated rings. The Labute approximate surface area is 113 Å². The second-order valence-corrected chi connectivity index (χ2v) is 3.86. The second kappa shape index (κ2) is 8.08. The van der Waals surface area contributed by atoms with Crippen molar-refractivity contribution in [2.75, 3.05) is 13.7 Å². The largest absolute Gasteiger partial charge is 0.469 e. The van der Waals surface area contributed by atoms with E-state index < -0.39 is 0 Å². The van der Waals surface area contributed by atoms with Crippen molar-refractivity contribution in [2.24, 2.45) is 0 Å². The van der Waals surface area contributed by atoms with Gasteiger partial charge in [-0.15, -0.1) is 0 Å². The molecular formula is C15H18O4. The number of aryl methyl sites for hydroxylation is 1. The molecule has 0 bridgehead atoms. The van der Waals surface area contributed by atoms with Crippen LogP contribution in [0.1, 0.15) is 24.5 Å². The highest BCUT2D eigenvalue weighted by molar-refractivity contribution is 5.87. The molecular weight excluding hydrogens is 244 g/mol. The molecule has 0 atom stereocenters. The van der Waals surface area contributed by atoms with Crippen molar-refractivity contribution in [3.63, 3.8) is 0 Å². The fraction of sp³-hybridized carbons (Fsp3) is 0.333. The molecule has 4 nitrogen and oxygen atoms in total. The summed E-state index contributed by atoms with van der Waals surface area (Å²) < 4.78 is 9.43. The number of hydrogen-bond acceptors (Lipinski definition) is 4. The Morgan fingerprint density at radius 3 is 2.68 bits per heavy atom. The lowest BCUT2D eigenvalue weighted by Crippen LogP contribution is -2.03. The van der Waals surface area contributed by atoms with E-state index in [0.29, 0.717) is 19.4 Å². The number of ether oxygens (including phenoxy) is 2. The summed E-state index contributed by atoms with van der Waals surface area (Å²) in [5.74, 6) is -0.616. The van der Waals surface area contributed by atoms with Gasteiger partial charge in [-0.05, 0) is 30.5 Å². The van der Waals surface area contributed by atoms with Crippen LogP contribution in [-0.2, 0) is 25.5 Å². The van der Waals surface area contributed by atoms with Crippen molar-refractivity contribution in [2.45, 2.75) is 19.8 Å². The van der Waals surface area contributed by atoms with E-state index in [0.717, 1.165) is 11.1 Å². The van der Waals surface area contributed by atoms with Gasteiger partial charge in [0.25, 0.3) is 0 Å². The molecule has 0 saturated heterocycles. The molecule has 0 saturated carbocycles. The minimum atomic E-state index is -0.370. The molecule has 0 amide bonds. The Hall–Kier alpha value is -2.10. The van der Waals surface area contributed by atoms with Gasteiger partial charge in [0, 0.05) is 12.5 Å². The van der Waals surface area contributed by atoms with E-state index in [1.807, 2.05) is 24.3 Å². The van der Waals surface area contributed by atoms with Gasteiger partial charge in [0.2, 0.25) is 0 Å². The molecule has 102 valence electrons. The number of carbonyl (C=O) groups is 2. The standard InChI is InChI=1S/C15H18O4/c1-3-19-15(17)11-9-13-7-5-4-6-12(13)8-10-14(16)18-2/h4-7,9,11H,3,8,10H2,1-2H3/b11-9+. The zero-order valence-corrected chi connectivity index (χ0v) is 11.2. The third kappa shape index (κ3) is 5.38. The summed E-state index contributed by atoms with van der Waals surface area (Å²) in [5.41, 5.74) is 1.90. The molecule has 19 heavy (non-hydrogen) atoms. The van der Waals surface area contributed by atoms with Crippen molar-refractivity contribution < 1.29 is 19.1 Å². The van der Waals surface area contributed by atoms with Crippen LogP contribution in [0.5, 0.6) is 0 Å². The summed E-state index contributed by atoms with van der Waals surface area (Å²) >= 11 is 0. The predicted octanol–water partition coefficient (Wildman–Crippen LogP) is 2.37. The maximum atomic E-state index is 11.3. The third-order valence-electron chi connectivity index (χ3n) is 2.57. The van der Waals surface area contributed by atoms with Gasteiger partial charge in [-0.1, -0.05) is 24.3 Å². The molecule has 4 heteroatoms. The normalized spacial score (nSPS) is 10.4. The van der Waals surface area contributed by atoms with E-state index in [9.17, 15) is 9.59 Å². The van der Waals surface area contributed by atoms with Crippen molar-refractivity contribution in [3.05, 3.63) is 41.5 Å². The zero-order valence-electron chi connectivity index (χ0n) is 11.2. The first-order chi connectivity index (χ1) is 9.17. The van der Waals surface area contributed by atoms with Crippen LogP contribution in [0.25, 0.3) is 6.08 Å². The van der Waals surface area contributed by atoms with E-state index in [4.69, 9.17) is 4.74 Å². The fourth-order valence-corrected chi connectivity index (χ4v) is 1.61. The van der Waals surface area contributed by atoms with Crippen molar-refractivity contribution in [1.82, 2.24) is 0 Å². The molecule has 0 aliphatic rings. The highest BCUT2D eigenvalue weighted by Crippen LogP contribution is 2.13. The number of rotatable bonds is 6. The number of esters is 2. The Kier molecular flexibility index (Phi) is 6.36. The molecule has 0 aliphatic carbocycles. The first-order valence-corrected chi connectivity index (χ1v) is 6.17. The number of carbonyl (C=O) groups excluding carboxylic acids is 2. The Morgan fingerprint density at radius 1 is 1.26 bits per heavy atom. The predicted molar refractivity (Wildman–Crippen MR) is 72.4 cm³/mol. The monoisotopic (exact) mass is 262 g/mol. The average molecular weight is 262 g/mol. The van der Waals surface area contributed by atoms with Gasteiger partial charge in [-0.2, -0.15) is 0 Å². The van der Waals surface area contributed by atoms with Gasteiger partial charge in [0.05, 0.1) is 13.7 Å². The van der Waals surface area contributed by atoms with Crippen LogP contribution in [-0.4, -0.2) is 25.7 Å². The quantitative estimate of drug-likeness (QED) is 0.583. The zero-order chi connectivity index (χ0) is 14.1. The molecule has 0 N–H and O–H groups in total. The Bertz CT molecular complexity index is 463. The first kappa shape index (κ1) is 15.0. The number of benzene rings is 1. The number of hydrogen-bond donors (Lipinski definition) is 0. The van der Waals surface area contributed by atoms with Gasteiger partial charge >= 0.3 is 11.9 Å². The summed E-state index contributed by atoms with van der Waals surface area (Å²) in [7, 11) is 1.37. The SMILES string of the molecule is CCOC(=O)/C=C/c1ccccc1CCC(=O)OC. The average Bonchev–Trinajstić information content (AvgIpc) is 2.43. The van der Waals surface area contributed by atoms with Crippen LogP contribution in [0.3, 0.4) is 0 Å². The fourth-order valence-electron chi connectivity index (χ4n) is 1.61. The van der Waals surface area contributed by atoms with Crippen molar-refractivity contribution in [3.8, 4) is 0 Å². The summed E-state index contributed by atoms with van der Waals surface area (Å²) in [6.07, 6.45) is 3.99. The van der Waals surface area contributed by atoms with Crippen LogP contribution in [0, 0.1) is 0 Å². The Balaban J connectivity index is 2.72. The lowest BCUT2D eigenvalue weighted by molar-refractivity contribution is -0.140.